The third-order valence-electron chi connectivity index (χ3n) is 5.91. The predicted molar refractivity (Wildman–Crippen MR) is 107 cm³/mol. The second kappa shape index (κ2) is 5.79. The molecule has 140 valence electrons. The van der Waals surface area contributed by atoms with E-state index in [0.717, 1.165) is 34.5 Å². The summed E-state index contributed by atoms with van der Waals surface area (Å²) in [6.45, 7) is 2.08. The molecule has 2 amide bonds. The largest absolute Gasteiger partial charge is 0.314 e. The standard InChI is InChI=1S/C22H20N4O2/c1-3-14-8-4-6-10-17(14)26-20-16(13-23-26)22(12-19(27)24-20)15-9-5-7-11-18(15)25(2)21(22)28/h4-11,13H,3,12H2,1-2H3,(H,24,27)/t22-/m0/s1. The van der Waals surface area contributed by atoms with E-state index in [2.05, 4.69) is 17.3 Å². The Morgan fingerprint density at radius 2 is 1.75 bits per heavy atom. The molecule has 1 spiro atoms. The number of carbonyl (C=O) groups excluding carboxylic acids is 2. The molecular weight excluding hydrogens is 352 g/mol. The number of anilines is 2. The Morgan fingerprint density at radius 1 is 1.04 bits per heavy atom. The molecule has 2 aromatic carbocycles. The summed E-state index contributed by atoms with van der Waals surface area (Å²) in [6, 6.07) is 15.7. The Balaban J connectivity index is 1.79. The fourth-order valence-electron chi connectivity index (χ4n) is 4.56. The highest BCUT2D eigenvalue weighted by Gasteiger charge is 2.56. The monoisotopic (exact) mass is 372 g/mol. The van der Waals surface area contributed by atoms with Crippen LogP contribution in [0.3, 0.4) is 0 Å². The third kappa shape index (κ3) is 2.00. The number of rotatable bonds is 2. The molecule has 3 aromatic rings. The predicted octanol–water partition coefficient (Wildman–Crippen LogP) is 3.04. The van der Waals surface area contributed by atoms with Crippen molar-refractivity contribution in [1.29, 1.82) is 0 Å². The van der Waals surface area contributed by atoms with E-state index in [-0.39, 0.29) is 18.2 Å². The molecule has 0 fully saturated rings. The van der Waals surface area contributed by atoms with Gasteiger partial charge in [-0.25, -0.2) is 4.68 Å². The number of hydrogen-bond donors (Lipinski definition) is 1. The summed E-state index contributed by atoms with van der Waals surface area (Å²) in [7, 11) is 1.76. The molecule has 0 saturated carbocycles. The molecule has 0 aliphatic carbocycles. The zero-order chi connectivity index (χ0) is 19.5. The number of aromatic nitrogens is 2. The molecule has 3 heterocycles. The zero-order valence-corrected chi connectivity index (χ0v) is 15.8. The van der Waals surface area contributed by atoms with Crippen LogP contribution in [0.2, 0.25) is 0 Å². The van der Waals surface area contributed by atoms with Gasteiger partial charge in [-0.05, 0) is 29.7 Å². The highest BCUT2D eigenvalue weighted by atomic mass is 16.2. The SMILES string of the molecule is CCc1ccccc1-n1ncc2c1NC(=O)C[C@@]21C(=O)N(C)c2ccccc21. The lowest BCUT2D eigenvalue weighted by Gasteiger charge is -2.32. The second-order valence-corrected chi connectivity index (χ2v) is 7.31. The highest BCUT2D eigenvalue weighted by Crippen LogP contribution is 2.51. The molecule has 1 atom stereocenters. The minimum atomic E-state index is -1.03. The number of para-hydroxylation sites is 2. The molecule has 6 nitrogen and oxygen atoms in total. The highest BCUT2D eigenvalue weighted by molar-refractivity contribution is 6.15. The number of hydrogen-bond acceptors (Lipinski definition) is 3. The summed E-state index contributed by atoms with van der Waals surface area (Å²) in [5.74, 6) is 0.311. The Bertz CT molecular complexity index is 1130. The Morgan fingerprint density at radius 3 is 2.54 bits per heavy atom. The van der Waals surface area contributed by atoms with Gasteiger partial charge in [0.1, 0.15) is 11.2 Å². The van der Waals surface area contributed by atoms with Crippen LogP contribution in [0.5, 0.6) is 0 Å². The Hall–Kier alpha value is -3.41. The fourth-order valence-corrected chi connectivity index (χ4v) is 4.56. The van der Waals surface area contributed by atoms with Gasteiger partial charge in [0.15, 0.2) is 0 Å². The maximum absolute atomic E-state index is 13.4. The number of carbonyl (C=O) groups is 2. The van der Waals surface area contributed by atoms with Crippen molar-refractivity contribution in [2.24, 2.45) is 0 Å². The average molecular weight is 372 g/mol. The summed E-state index contributed by atoms with van der Waals surface area (Å²) in [4.78, 5) is 27.8. The lowest BCUT2D eigenvalue weighted by atomic mass is 9.72. The van der Waals surface area contributed by atoms with Crippen LogP contribution in [0, 0.1) is 0 Å². The van der Waals surface area contributed by atoms with E-state index in [1.54, 1.807) is 22.8 Å². The van der Waals surface area contributed by atoms with Gasteiger partial charge >= 0.3 is 0 Å². The number of fused-ring (bicyclic) bond motifs is 4. The maximum Gasteiger partial charge on any atom is 0.242 e. The van der Waals surface area contributed by atoms with E-state index < -0.39 is 5.41 Å². The molecule has 0 radical (unpaired) electrons. The molecule has 0 unspecified atom stereocenters. The maximum atomic E-state index is 13.4. The van der Waals surface area contributed by atoms with Crippen molar-refractivity contribution in [2.45, 2.75) is 25.2 Å². The number of benzene rings is 2. The summed E-state index contributed by atoms with van der Waals surface area (Å²) < 4.78 is 1.75. The number of nitrogens with one attached hydrogen (secondary N) is 1. The van der Waals surface area contributed by atoms with Crippen LogP contribution < -0.4 is 10.2 Å². The van der Waals surface area contributed by atoms with E-state index in [1.807, 2.05) is 48.5 Å². The van der Waals surface area contributed by atoms with Crippen molar-refractivity contribution in [3.8, 4) is 5.69 Å². The second-order valence-electron chi connectivity index (χ2n) is 7.31. The normalized spacial score (nSPS) is 20.3. The van der Waals surface area contributed by atoms with E-state index >= 15 is 0 Å². The molecule has 6 heteroatoms. The van der Waals surface area contributed by atoms with Gasteiger partial charge in [0.25, 0.3) is 0 Å². The molecule has 1 N–H and O–H groups in total. The summed E-state index contributed by atoms with van der Waals surface area (Å²) in [5.41, 5.74) is 3.47. The van der Waals surface area contributed by atoms with Gasteiger partial charge in [-0.15, -0.1) is 0 Å². The number of nitrogens with zero attached hydrogens (tertiary/aromatic N) is 3. The van der Waals surface area contributed by atoms with Crippen LogP contribution in [0.15, 0.2) is 54.7 Å². The van der Waals surface area contributed by atoms with Crippen molar-refractivity contribution in [3.05, 3.63) is 71.4 Å². The van der Waals surface area contributed by atoms with Crippen molar-refractivity contribution in [1.82, 2.24) is 9.78 Å². The summed E-state index contributed by atoms with van der Waals surface area (Å²) in [6.07, 6.45) is 2.66. The van der Waals surface area contributed by atoms with E-state index in [0.29, 0.717) is 5.82 Å². The van der Waals surface area contributed by atoms with Crippen LogP contribution in [-0.4, -0.2) is 28.6 Å². The first kappa shape index (κ1) is 16.7. The van der Waals surface area contributed by atoms with Gasteiger partial charge in [-0.1, -0.05) is 43.3 Å². The van der Waals surface area contributed by atoms with Gasteiger partial charge < -0.3 is 10.2 Å². The minimum Gasteiger partial charge on any atom is -0.314 e. The molecule has 1 aromatic heterocycles. The summed E-state index contributed by atoms with van der Waals surface area (Å²) >= 11 is 0. The van der Waals surface area contributed by atoms with Crippen LogP contribution in [0.1, 0.15) is 30.0 Å². The van der Waals surface area contributed by atoms with Crippen LogP contribution in [-0.2, 0) is 21.4 Å². The van der Waals surface area contributed by atoms with E-state index in [4.69, 9.17) is 0 Å². The van der Waals surface area contributed by atoms with Gasteiger partial charge in [-0.2, -0.15) is 5.10 Å². The number of amides is 2. The first-order valence-corrected chi connectivity index (χ1v) is 9.42. The van der Waals surface area contributed by atoms with Crippen molar-refractivity contribution in [2.75, 3.05) is 17.3 Å². The first-order valence-electron chi connectivity index (χ1n) is 9.42. The van der Waals surface area contributed by atoms with Gasteiger partial charge in [0, 0.05) is 24.7 Å². The van der Waals surface area contributed by atoms with Crippen LogP contribution in [0.4, 0.5) is 11.5 Å². The van der Waals surface area contributed by atoms with Crippen molar-refractivity contribution in [3.63, 3.8) is 0 Å². The lowest BCUT2D eigenvalue weighted by molar-refractivity contribution is -0.126. The number of aryl methyl sites for hydroxylation is 1. The summed E-state index contributed by atoms with van der Waals surface area (Å²) in [5, 5.41) is 7.56. The average Bonchev–Trinajstić information content (AvgIpc) is 3.23. The minimum absolute atomic E-state index is 0.0846. The fraction of sp³-hybridized carbons (Fsp3) is 0.227. The van der Waals surface area contributed by atoms with Crippen LogP contribution in [0.25, 0.3) is 5.69 Å². The van der Waals surface area contributed by atoms with E-state index in [9.17, 15) is 9.59 Å². The molecule has 5 rings (SSSR count). The van der Waals surface area contributed by atoms with Crippen molar-refractivity contribution >= 4 is 23.3 Å². The lowest BCUT2D eigenvalue weighted by Crippen LogP contribution is -2.45. The third-order valence-corrected chi connectivity index (χ3v) is 5.91. The quantitative estimate of drug-likeness (QED) is 0.752. The van der Waals surface area contributed by atoms with Gasteiger partial charge in [-0.3, -0.25) is 9.59 Å². The molecule has 28 heavy (non-hydrogen) atoms. The Labute approximate surface area is 162 Å². The molecule has 0 saturated heterocycles. The van der Waals surface area contributed by atoms with Crippen LogP contribution >= 0.6 is 0 Å². The Kier molecular flexibility index (Phi) is 3.46. The zero-order valence-electron chi connectivity index (χ0n) is 15.8. The van der Waals surface area contributed by atoms with Crippen molar-refractivity contribution < 1.29 is 9.59 Å². The van der Waals surface area contributed by atoms with Gasteiger partial charge in [0.2, 0.25) is 11.8 Å². The smallest absolute Gasteiger partial charge is 0.242 e. The van der Waals surface area contributed by atoms with E-state index in [1.165, 1.54) is 0 Å². The molecule has 2 aliphatic rings. The molecular formula is C22H20N4O2. The first-order chi connectivity index (χ1) is 13.6. The topological polar surface area (TPSA) is 67.2 Å². The van der Waals surface area contributed by atoms with Gasteiger partial charge in [0.05, 0.1) is 11.9 Å². The molecule has 2 aliphatic heterocycles. The number of likely N-dealkylation sites (N-methyl/N-ethyl adjacent to an activating group) is 1. The molecule has 0 bridgehead atoms.